The first kappa shape index (κ1) is 58.5. The minimum Gasteiger partial charge on any atom is -0.463 e. The van der Waals surface area contributed by atoms with Crippen LogP contribution in [0.2, 0.25) is 0 Å². The van der Waals surface area contributed by atoms with Crippen LogP contribution in [-0.2, 0) is 27.9 Å². The Hall–Kier alpha value is -1.51. The van der Waals surface area contributed by atoms with E-state index in [1.807, 2.05) is 0 Å². The second kappa shape index (κ2) is 47.0. The molecule has 0 aromatic rings. The van der Waals surface area contributed by atoms with E-state index in [1.54, 1.807) is 0 Å². The Bertz CT molecular complexity index is 1040. The molecule has 0 aliphatic carbocycles. The number of allylic oxidation sites excluding steroid dienone is 4. The highest BCUT2D eigenvalue weighted by Gasteiger charge is 2.23. The molecule has 0 saturated heterocycles. The van der Waals surface area contributed by atoms with Gasteiger partial charge in [0.2, 0.25) is 5.91 Å². The lowest BCUT2D eigenvalue weighted by Gasteiger charge is -2.15. The van der Waals surface area contributed by atoms with Gasteiger partial charge >= 0.3 is 13.8 Å². The number of aliphatic hydroxyl groups excluding tert-OH is 1. The number of unbranched alkanes of at least 4 members (excludes halogenated alkanes) is 31. The van der Waals surface area contributed by atoms with Gasteiger partial charge in [0.15, 0.2) is 0 Å². The van der Waals surface area contributed by atoms with Crippen LogP contribution in [0.25, 0.3) is 0 Å². The molecule has 2 unspecified atom stereocenters. The van der Waals surface area contributed by atoms with Crippen LogP contribution in [0.5, 0.6) is 0 Å². The van der Waals surface area contributed by atoms with Gasteiger partial charge in [-0.2, -0.15) is 0 Å². The number of phosphoric acid groups is 1. The van der Waals surface area contributed by atoms with Crippen LogP contribution in [0.1, 0.15) is 251 Å². The van der Waals surface area contributed by atoms with E-state index in [0.717, 1.165) is 57.8 Å². The molecule has 0 saturated carbocycles. The molecule has 0 radical (unpaired) electrons. The van der Waals surface area contributed by atoms with Crippen molar-refractivity contribution in [3.05, 3.63) is 24.3 Å². The molecule has 354 valence electrons. The van der Waals surface area contributed by atoms with Crippen molar-refractivity contribution in [2.45, 2.75) is 258 Å². The maximum Gasteiger partial charge on any atom is 0.472 e. The third kappa shape index (κ3) is 47.5. The fourth-order valence-corrected chi connectivity index (χ4v) is 8.05. The van der Waals surface area contributed by atoms with E-state index in [1.165, 1.54) is 167 Å². The molecular weight excluding hydrogens is 774 g/mol. The number of hydrogen-bond donors (Lipinski definition) is 3. The van der Waals surface area contributed by atoms with Gasteiger partial charge in [0.25, 0.3) is 0 Å². The molecule has 9 nitrogen and oxygen atoms in total. The second-order valence-corrected chi connectivity index (χ2v) is 18.6. The van der Waals surface area contributed by atoms with Crippen LogP contribution < -0.4 is 5.32 Å². The van der Waals surface area contributed by atoms with E-state index in [9.17, 15) is 24.2 Å². The topological polar surface area (TPSA) is 131 Å². The molecule has 0 aromatic carbocycles. The monoisotopic (exact) mass is 870 g/mol. The van der Waals surface area contributed by atoms with Gasteiger partial charge < -0.3 is 20.1 Å². The predicted octanol–water partition coefficient (Wildman–Crippen LogP) is 14.7. The summed E-state index contributed by atoms with van der Waals surface area (Å²) in [5, 5.41) is 12.7. The van der Waals surface area contributed by atoms with Crippen molar-refractivity contribution < 1.29 is 37.9 Å². The van der Waals surface area contributed by atoms with Gasteiger partial charge in [0, 0.05) is 19.4 Å². The van der Waals surface area contributed by atoms with Crippen LogP contribution >= 0.6 is 7.82 Å². The van der Waals surface area contributed by atoms with Crippen LogP contribution in [0.15, 0.2) is 24.3 Å². The van der Waals surface area contributed by atoms with E-state index in [2.05, 4.69) is 43.5 Å². The van der Waals surface area contributed by atoms with Crippen molar-refractivity contribution in [1.29, 1.82) is 0 Å². The van der Waals surface area contributed by atoms with Crippen molar-refractivity contribution in [1.82, 2.24) is 5.32 Å². The van der Waals surface area contributed by atoms with E-state index >= 15 is 0 Å². The summed E-state index contributed by atoms with van der Waals surface area (Å²) in [4.78, 5) is 34.0. The van der Waals surface area contributed by atoms with E-state index in [4.69, 9.17) is 13.8 Å². The zero-order valence-electron chi connectivity index (χ0n) is 39.2. The normalized spacial score (nSPS) is 13.3. The molecular formula is C50H96NO8P. The third-order valence-corrected chi connectivity index (χ3v) is 12.1. The van der Waals surface area contributed by atoms with E-state index < -0.39 is 26.5 Å². The largest absolute Gasteiger partial charge is 0.472 e. The second-order valence-electron chi connectivity index (χ2n) is 17.1. The number of amides is 1. The molecule has 0 aliphatic heterocycles. The van der Waals surface area contributed by atoms with Crippen molar-refractivity contribution in [2.75, 3.05) is 26.4 Å². The summed E-state index contributed by atoms with van der Waals surface area (Å²) in [6.45, 7) is 3.57. The highest BCUT2D eigenvalue weighted by molar-refractivity contribution is 7.47. The zero-order valence-corrected chi connectivity index (χ0v) is 40.1. The molecule has 60 heavy (non-hydrogen) atoms. The van der Waals surface area contributed by atoms with Gasteiger partial charge in [-0.1, -0.05) is 218 Å². The van der Waals surface area contributed by atoms with E-state index in [-0.39, 0.29) is 32.1 Å². The Morgan fingerprint density at radius 3 is 1.37 bits per heavy atom. The van der Waals surface area contributed by atoms with Gasteiger partial charge in [0.1, 0.15) is 12.7 Å². The lowest BCUT2D eigenvalue weighted by Crippen LogP contribution is -2.27. The lowest BCUT2D eigenvalue weighted by atomic mass is 10.0. The van der Waals surface area contributed by atoms with Crippen molar-refractivity contribution >= 4 is 19.7 Å². The third-order valence-electron chi connectivity index (χ3n) is 11.1. The number of rotatable bonds is 48. The molecule has 0 fully saturated rings. The number of phosphoric ester groups is 1. The fourth-order valence-electron chi connectivity index (χ4n) is 7.30. The average Bonchev–Trinajstić information content (AvgIpc) is 3.23. The summed E-state index contributed by atoms with van der Waals surface area (Å²) in [5.41, 5.74) is 0. The van der Waals surface area contributed by atoms with Gasteiger partial charge in [-0.3, -0.25) is 18.6 Å². The van der Waals surface area contributed by atoms with Crippen LogP contribution in [0, 0.1) is 0 Å². The first-order chi connectivity index (χ1) is 29.3. The Balaban J connectivity index is 3.53. The Morgan fingerprint density at radius 2 is 0.900 bits per heavy atom. The summed E-state index contributed by atoms with van der Waals surface area (Å²) < 4.78 is 27.0. The highest BCUT2D eigenvalue weighted by Crippen LogP contribution is 2.42. The first-order valence-corrected chi connectivity index (χ1v) is 26.8. The Kier molecular flexibility index (Phi) is 45.8. The number of esters is 1. The highest BCUT2D eigenvalue weighted by atomic mass is 31.2. The van der Waals surface area contributed by atoms with Gasteiger partial charge in [0.05, 0.1) is 13.2 Å². The van der Waals surface area contributed by atoms with Gasteiger partial charge in [-0.15, -0.1) is 0 Å². The zero-order chi connectivity index (χ0) is 43.9. The number of hydrogen-bond acceptors (Lipinski definition) is 7. The van der Waals surface area contributed by atoms with Crippen LogP contribution in [-0.4, -0.2) is 54.3 Å². The molecule has 10 heteroatoms. The molecule has 0 heterocycles. The smallest absolute Gasteiger partial charge is 0.463 e. The van der Waals surface area contributed by atoms with Gasteiger partial charge in [-0.05, 0) is 44.9 Å². The number of nitrogens with one attached hydrogen (secondary N) is 1. The number of ether oxygens (including phenoxy) is 1. The van der Waals surface area contributed by atoms with Crippen molar-refractivity contribution in [3.63, 3.8) is 0 Å². The van der Waals surface area contributed by atoms with E-state index in [0.29, 0.717) is 6.42 Å². The summed E-state index contributed by atoms with van der Waals surface area (Å²) in [6, 6.07) is 0. The predicted molar refractivity (Wildman–Crippen MR) is 252 cm³/mol. The Labute approximate surface area is 370 Å². The molecule has 3 N–H and O–H groups in total. The average molecular weight is 870 g/mol. The quantitative estimate of drug-likeness (QED) is 0.0238. The molecule has 1 amide bonds. The minimum atomic E-state index is -4.42. The molecule has 0 spiro atoms. The van der Waals surface area contributed by atoms with Crippen molar-refractivity contribution in [2.24, 2.45) is 0 Å². The molecule has 0 rings (SSSR count). The molecule has 0 aromatic heterocycles. The number of carbonyl (C=O) groups is 2. The lowest BCUT2D eigenvalue weighted by molar-refractivity contribution is -0.147. The summed E-state index contributed by atoms with van der Waals surface area (Å²) >= 11 is 0. The molecule has 0 bridgehead atoms. The number of aliphatic hydroxyl groups is 1. The minimum absolute atomic E-state index is 0.0847. The number of carbonyl (C=O) groups excluding carboxylic acids is 2. The maximum atomic E-state index is 12.1. The first-order valence-electron chi connectivity index (χ1n) is 25.3. The fraction of sp³-hybridized carbons (Fsp3) is 0.880. The summed E-state index contributed by atoms with van der Waals surface area (Å²) in [7, 11) is -4.42. The SMILES string of the molecule is CCCCC/C=C\C/C=C\CCCCCCCCCC(=O)OCC(O)COP(=O)(O)OCCNC(=O)CCCCCCCCCCCCCCCCCCCCCCCC. The summed E-state index contributed by atoms with van der Waals surface area (Å²) in [6.07, 6.45) is 52.6. The molecule has 2 atom stereocenters. The standard InChI is InChI=1S/C50H96NO8P/c1-3-5-7-9-11-13-15-17-19-21-22-23-24-25-27-28-30-32-34-36-38-40-42-49(53)51-44-45-58-60(55,56)59-47-48(52)46-57-50(54)43-41-39-37-35-33-31-29-26-20-18-16-14-12-10-8-6-4-2/h12,14,18,20,48,52H,3-11,13,15-17,19,21-47H2,1-2H3,(H,51,53)(H,55,56)/b14-12-,20-18-. The van der Waals surface area contributed by atoms with Crippen molar-refractivity contribution in [3.8, 4) is 0 Å². The molecule has 0 aliphatic rings. The van der Waals surface area contributed by atoms with Gasteiger partial charge in [-0.25, -0.2) is 4.57 Å². The van der Waals surface area contributed by atoms with Crippen LogP contribution in [0.3, 0.4) is 0 Å². The maximum absolute atomic E-state index is 12.1. The summed E-state index contributed by atoms with van der Waals surface area (Å²) in [5.74, 6) is -0.514. The van der Waals surface area contributed by atoms with Crippen LogP contribution in [0.4, 0.5) is 0 Å². The Morgan fingerprint density at radius 1 is 0.517 bits per heavy atom.